The topological polar surface area (TPSA) is 124 Å². The van der Waals surface area contributed by atoms with Crippen molar-refractivity contribution in [1.82, 2.24) is 4.98 Å². The molecule has 4 saturated carbocycles. The summed E-state index contributed by atoms with van der Waals surface area (Å²) in [5.74, 6) is 1.45. The average molecular weight is 490 g/mol. The van der Waals surface area contributed by atoms with Crippen molar-refractivity contribution in [3.8, 4) is 23.0 Å². The molecule has 4 aliphatic rings. The smallest absolute Gasteiger partial charge is 0.243 e. The average Bonchev–Trinajstić information content (AvgIpc) is 3.65. The molecule has 9 nitrogen and oxygen atoms in total. The molecule has 1 heterocycles. The zero-order chi connectivity index (χ0) is 25.3. The number of amides is 2. The quantitative estimate of drug-likeness (QED) is 0.465. The Morgan fingerprint density at radius 1 is 0.972 bits per heavy atom. The standard InChI is InChI=1S/C27H27N3O6/c1-34-21-11-18-19(12-22(21)35-2)29-10-7-20(18)36-17-5-3-16(4-6-17)30(25-13-26(33,14-25)15-25)24(32)27(8-9-27)23(28)31/h3-7,10-12,33H,8-9,13-15H2,1-2H3,(H2,28,31). The van der Waals surface area contributed by atoms with E-state index in [0.29, 0.717) is 66.3 Å². The lowest BCUT2D eigenvalue weighted by Gasteiger charge is -2.71. The number of methoxy groups -OCH3 is 2. The number of benzene rings is 2. The van der Waals surface area contributed by atoms with Crippen molar-refractivity contribution in [2.24, 2.45) is 11.1 Å². The van der Waals surface area contributed by atoms with E-state index < -0.39 is 22.5 Å². The first-order valence-electron chi connectivity index (χ1n) is 11.9. The van der Waals surface area contributed by atoms with Crippen molar-refractivity contribution in [2.75, 3.05) is 19.1 Å². The number of aliphatic hydroxyl groups is 1. The van der Waals surface area contributed by atoms with Crippen molar-refractivity contribution < 1.29 is 28.9 Å². The van der Waals surface area contributed by atoms with Crippen molar-refractivity contribution in [2.45, 2.75) is 43.2 Å². The maximum atomic E-state index is 13.6. The largest absolute Gasteiger partial charge is 0.493 e. The van der Waals surface area contributed by atoms with E-state index >= 15 is 0 Å². The summed E-state index contributed by atoms with van der Waals surface area (Å²) >= 11 is 0. The van der Waals surface area contributed by atoms with E-state index in [-0.39, 0.29) is 5.91 Å². The number of hydrogen-bond acceptors (Lipinski definition) is 7. The lowest BCUT2D eigenvalue weighted by Crippen LogP contribution is -2.80. The molecule has 3 aromatic rings. The molecule has 0 radical (unpaired) electrons. The number of primary amides is 1. The maximum Gasteiger partial charge on any atom is 0.243 e. The minimum atomic E-state index is -1.14. The van der Waals surface area contributed by atoms with Crippen LogP contribution >= 0.6 is 0 Å². The van der Waals surface area contributed by atoms with Crippen LogP contribution in [0.5, 0.6) is 23.0 Å². The predicted octanol–water partition coefficient (Wildman–Crippen LogP) is 3.31. The second-order valence-corrected chi connectivity index (χ2v) is 10.2. The van der Waals surface area contributed by atoms with Gasteiger partial charge in [0.1, 0.15) is 16.9 Å². The molecule has 186 valence electrons. The minimum absolute atomic E-state index is 0.272. The highest BCUT2D eigenvalue weighted by Crippen LogP contribution is 2.65. The van der Waals surface area contributed by atoms with Gasteiger partial charge in [0.15, 0.2) is 11.5 Å². The van der Waals surface area contributed by atoms with Gasteiger partial charge >= 0.3 is 0 Å². The van der Waals surface area contributed by atoms with Gasteiger partial charge in [-0.1, -0.05) is 0 Å². The monoisotopic (exact) mass is 489 g/mol. The van der Waals surface area contributed by atoms with Crippen molar-refractivity contribution >= 4 is 28.4 Å². The minimum Gasteiger partial charge on any atom is -0.493 e. The highest BCUT2D eigenvalue weighted by molar-refractivity contribution is 6.14. The summed E-state index contributed by atoms with van der Waals surface area (Å²) in [6.45, 7) is 0. The molecule has 4 aliphatic carbocycles. The van der Waals surface area contributed by atoms with E-state index in [4.69, 9.17) is 19.9 Å². The van der Waals surface area contributed by atoms with Crippen LogP contribution in [0.3, 0.4) is 0 Å². The second-order valence-electron chi connectivity index (χ2n) is 10.2. The number of carbonyl (C=O) groups excluding carboxylic acids is 2. The number of hydrogen-bond donors (Lipinski definition) is 2. The zero-order valence-electron chi connectivity index (χ0n) is 20.1. The maximum absolute atomic E-state index is 13.6. The molecule has 2 bridgehead atoms. The van der Waals surface area contributed by atoms with Gasteiger partial charge in [0.25, 0.3) is 0 Å². The predicted molar refractivity (Wildman–Crippen MR) is 131 cm³/mol. The lowest BCUT2D eigenvalue weighted by molar-refractivity contribution is -0.208. The molecule has 0 spiro atoms. The first-order chi connectivity index (χ1) is 17.2. The molecule has 0 aliphatic heterocycles. The van der Waals surface area contributed by atoms with Gasteiger partial charge < -0.3 is 30.0 Å². The van der Waals surface area contributed by atoms with Gasteiger partial charge in [0.2, 0.25) is 11.8 Å². The van der Waals surface area contributed by atoms with Gasteiger partial charge in [-0.2, -0.15) is 0 Å². The molecule has 0 saturated heterocycles. The summed E-state index contributed by atoms with van der Waals surface area (Å²) in [6.07, 6.45) is 4.10. The lowest BCUT2D eigenvalue weighted by atomic mass is 9.45. The number of pyridine rings is 1. The SMILES string of the molecule is COc1cc2nccc(Oc3ccc(N(C(=O)C4(C(N)=O)CC4)C45CC(O)(C4)C5)cc3)c2cc1OC. The number of anilines is 1. The highest BCUT2D eigenvalue weighted by Gasteiger charge is 2.73. The van der Waals surface area contributed by atoms with Gasteiger partial charge in [-0.05, 0) is 49.2 Å². The number of ether oxygens (including phenoxy) is 3. The van der Waals surface area contributed by atoms with Crippen LogP contribution < -0.4 is 24.8 Å². The van der Waals surface area contributed by atoms with E-state index in [0.717, 1.165) is 5.39 Å². The van der Waals surface area contributed by atoms with Crippen LogP contribution in [0.4, 0.5) is 5.69 Å². The van der Waals surface area contributed by atoms with Crippen LogP contribution in [0.1, 0.15) is 32.1 Å². The van der Waals surface area contributed by atoms with Gasteiger partial charge in [0.05, 0.1) is 30.9 Å². The third kappa shape index (κ3) is 3.22. The summed E-state index contributed by atoms with van der Waals surface area (Å²) in [5, 5.41) is 11.1. The molecular weight excluding hydrogens is 462 g/mol. The Morgan fingerprint density at radius 2 is 1.61 bits per heavy atom. The number of nitrogens with two attached hydrogens (primary N) is 1. The summed E-state index contributed by atoms with van der Waals surface area (Å²) < 4.78 is 17.0. The number of fused-ring (bicyclic) bond motifs is 1. The van der Waals surface area contributed by atoms with Gasteiger partial charge in [0, 0.05) is 42.6 Å². The molecule has 0 atom stereocenters. The van der Waals surface area contributed by atoms with Crippen molar-refractivity contribution in [1.29, 1.82) is 0 Å². The van der Waals surface area contributed by atoms with Crippen LogP contribution in [0.2, 0.25) is 0 Å². The molecule has 0 unspecified atom stereocenters. The molecule has 3 N–H and O–H groups in total. The van der Waals surface area contributed by atoms with Crippen molar-refractivity contribution in [3.63, 3.8) is 0 Å². The number of aromatic nitrogens is 1. The van der Waals surface area contributed by atoms with E-state index in [9.17, 15) is 14.7 Å². The van der Waals surface area contributed by atoms with E-state index in [1.54, 1.807) is 49.6 Å². The third-order valence-corrected chi connectivity index (χ3v) is 7.81. The van der Waals surface area contributed by atoms with Crippen LogP contribution in [-0.2, 0) is 9.59 Å². The Kier molecular flexibility index (Phi) is 4.75. The first kappa shape index (κ1) is 22.6. The normalized spacial score (nSPS) is 24.8. The van der Waals surface area contributed by atoms with E-state index in [1.807, 2.05) is 18.2 Å². The molecule has 2 amide bonds. The fraction of sp³-hybridized carbons (Fsp3) is 0.370. The summed E-state index contributed by atoms with van der Waals surface area (Å²) in [7, 11) is 3.14. The summed E-state index contributed by atoms with van der Waals surface area (Å²) in [4.78, 5) is 31.8. The molecule has 2 aromatic carbocycles. The fourth-order valence-corrected chi connectivity index (χ4v) is 5.76. The molecule has 1 aromatic heterocycles. The van der Waals surface area contributed by atoms with Gasteiger partial charge in [-0.3, -0.25) is 14.6 Å². The zero-order valence-corrected chi connectivity index (χ0v) is 20.1. The van der Waals surface area contributed by atoms with Crippen molar-refractivity contribution in [3.05, 3.63) is 48.7 Å². The fourth-order valence-electron chi connectivity index (χ4n) is 5.76. The van der Waals surface area contributed by atoms with E-state index in [1.165, 1.54) is 0 Å². The van der Waals surface area contributed by atoms with Crippen LogP contribution in [0.25, 0.3) is 10.9 Å². The Balaban J connectivity index is 1.30. The first-order valence-corrected chi connectivity index (χ1v) is 11.9. The Bertz CT molecular complexity index is 1380. The second kappa shape index (κ2) is 7.57. The van der Waals surface area contributed by atoms with Crippen LogP contribution in [0, 0.1) is 5.41 Å². The third-order valence-electron chi connectivity index (χ3n) is 7.81. The molecule has 9 heteroatoms. The van der Waals surface area contributed by atoms with Crippen LogP contribution in [-0.4, -0.2) is 47.3 Å². The summed E-state index contributed by atoms with van der Waals surface area (Å²) in [6, 6.07) is 12.6. The molecule has 7 rings (SSSR count). The molecular formula is C27H27N3O6. The Labute approximate surface area is 207 Å². The molecule has 4 fully saturated rings. The van der Waals surface area contributed by atoms with Gasteiger partial charge in [-0.15, -0.1) is 0 Å². The Hall–Kier alpha value is -3.85. The summed E-state index contributed by atoms with van der Waals surface area (Å²) in [5.41, 5.74) is 4.67. The Morgan fingerprint density at radius 3 is 2.17 bits per heavy atom. The van der Waals surface area contributed by atoms with E-state index in [2.05, 4.69) is 4.98 Å². The van der Waals surface area contributed by atoms with Gasteiger partial charge in [-0.25, -0.2) is 0 Å². The number of rotatable bonds is 8. The molecule has 36 heavy (non-hydrogen) atoms. The van der Waals surface area contributed by atoms with Crippen LogP contribution in [0.15, 0.2) is 48.7 Å². The highest BCUT2D eigenvalue weighted by atomic mass is 16.5. The number of nitrogens with zero attached hydrogens (tertiary/aromatic N) is 2. The number of carbonyl (C=O) groups is 2.